The first-order valence-corrected chi connectivity index (χ1v) is 14.5. The van der Waals surface area contributed by atoms with E-state index in [0.717, 1.165) is 28.6 Å². The molecule has 0 aromatic carbocycles. The van der Waals surface area contributed by atoms with Gasteiger partial charge in [0.05, 0.1) is 63.1 Å². The third-order valence-electron chi connectivity index (χ3n) is 9.13. The highest BCUT2D eigenvalue weighted by molar-refractivity contribution is 6.39. The number of nitrogens with zero attached hydrogens (tertiary/aromatic N) is 4. The Morgan fingerprint density at radius 2 is 1.64 bits per heavy atom. The fourth-order valence-electron chi connectivity index (χ4n) is 6.58. The summed E-state index contributed by atoms with van der Waals surface area (Å²) in [7, 11) is 0. The molecule has 0 spiro atoms. The minimum atomic E-state index is -4.95. The number of ether oxygens (including phenoxy) is 1. The third-order valence-corrected chi connectivity index (χ3v) is 9.70. The second kappa shape index (κ2) is 10.8. The summed E-state index contributed by atoms with van der Waals surface area (Å²) in [5.74, 6) is -2.68. The summed E-state index contributed by atoms with van der Waals surface area (Å²) in [6.07, 6.45) is 1.65. The van der Waals surface area contributed by atoms with Crippen LogP contribution >= 0.6 is 23.2 Å². The van der Waals surface area contributed by atoms with E-state index in [2.05, 4.69) is 10.1 Å². The number of carboxylic acid groups (broad SMARTS) is 1. The SMILES string of the molecule is CC12CCC(CN(CC(=O)c3c(Cl)cncc3Cl)C(=O)c3cnn([C@H]4CC[C@](C)(C(=O)O)CC4)c3C(F)(F)F)(CC1)O2. The zero-order valence-electron chi connectivity index (χ0n) is 23.1. The monoisotopic (exact) mass is 630 g/mol. The van der Waals surface area contributed by atoms with Gasteiger partial charge >= 0.3 is 12.1 Å². The van der Waals surface area contributed by atoms with Gasteiger partial charge < -0.3 is 14.7 Å². The lowest BCUT2D eigenvalue weighted by Gasteiger charge is -2.35. The molecule has 2 saturated heterocycles. The number of amides is 1. The zero-order chi connectivity index (χ0) is 30.7. The lowest BCUT2D eigenvalue weighted by Crippen LogP contribution is -2.47. The quantitative estimate of drug-likeness (QED) is 0.343. The summed E-state index contributed by atoms with van der Waals surface area (Å²) >= 11 is 12.3. The Hall–Kier alpha value is -2.70. The molecule has 2 aliphatic heterocycles. The number of fused-ring (bicyclic) bond motifs is 2. The van der Waals surface area contributed by atoms with Crippen LogP contribution in [0.25, 0.3) is 0 Å². The number of rotatable bonds is 8. The van der Waals surface area contributed by atoms with E-state index in [9.17, 15) is 32.7 Å². The predicted molar refractivity (Wildman–Crippen MR) is 146 cm³/mol. The van der Waals surface area contributed by atoms with Crippen molar-refractivity contribution in [3.05, 3.63) is 45.5 Å². The molecule has 5 rings (SSSR count). The van der Waals surface area contributed by atoms with Crippen LogP contribution in [0.15, 0.2) is 18.6 Å². The Labute approximate surface area is 250 Å². The van der Waals surface area contributed by atoms with Crippen LogP contribution in [0.3, 0.4) is 0 Å². The maximum atomic E-state index is 14.6. The van der Waals surface area contributed by atoms with Crippen molar-refractivity contribution in [2.24, 2.45) is 5.41 Å². The lowest BCUT2D eigenvalue weighted by atomic mass is 9.74. The molecular weight excluding hydrogens is 600 g/mol. The third kappa shape index (κ3) is 5.65. The van der Waals surface area contributed by atoms with E-state index in [1.807, 2.05) is 6.92 Å². The van der Waals surface area contributed by atoms with Crippen molar-refractivity contribution < 1.29 is 37.4 Å². The molecule has 9 nitrogen and oxygen atoms in total. The summed E-state index contributed by atoms with van der Waals surface area (Å²) in [4.78, 5) is 43.9. The highest BCUT2D eigenvalue weighted by atomic mass is 35.5. The summed E-state index contributed by atoms with van der Waals surface area (Å²) in [5.41, 5.74) is -4.22. The van der Waals surface area contributed by atoms with Crippen molar-refractivity contribution in [2.45, 2.75) is 88.6 Å². The Kier molecular flexibility index (Phi) is 7.89. The molecule has 1 saturated carbocycles. The molecule has 0 radical (unpaired) electrons. The Bertz CT molecular complexity index is 1390. The molecule has 2 aromatic rings. The maximum Gasteiger partial charge on any atom is 0.433 e. The van der Waals surface area contributed by atoms with Gasteiger partial charge in [0.25, 0.3) is 5.91 Å². The molecule has 1 aliphatic carbocycles. The predicted octanol–water partition coefficient (Wildman–Crippen LogP) is 6.24. The molecule has 4 heterocycles. The average molecular weight is 631 g/mol. The number of Topliss-reactive ketones (excluding diaryl/α,β-unsaturated/α-hetero) is 1. The number of pyridine rings is 1. The molecule has 2 bridgehead atoms. The Balaban J connectivity index is 1.49. The lowest BCUT2D eigenvalue weighted by molar-refractivity contribution is -0.152. The largest absolute Gasteiger partial charge is 0.481 e. The number of hydrogen-bond donors (Lipinski definition) is 1. The Morgan fingerprint density at radius 3 is 2.14 bits per heavy atom. The highest BCUT2D eigenvalue weighted by Crippen LogP contribution is 2.51. The first kappa shape index (κ1) is 30.7. The van der Waals surface area contributed by atoms with Gasteiger partial charge in [0.15, 0.2) is 11.5 Å². The minimum absolute atomic E-state index is 0.0434. The maximum absolute atomic E-state index is 14.6. The van der Waals surface area contributed by atoms with E-state index in [0.29, 0.717) is 12.8 Å². The molecule has 1 amide bonds. The normalized spacial score (nSPS) is 29.1. The molecule has 2 aromatic heterocycles. The number of carboxylic acids is 1. The average Bonchev–Trinajstić information content (AvgIpc) is 3.59. The fourth-order valence-corrected chi connectivity index (χ4v) is 7.15. The standard InChI is InChI=1S/C28H31Cl2F3N4O5/c1-25(24(40)41)5-3-16(4-6-25)37-22(28(31,32)33)17(11-35-37)23(39)36(15-27-9-7-26(2,42-27)8-10-27)14-20(38)21-18(29)12-34-13-19(21)30/h11-13,16H,3-10,14-15H2,1-2H3,(H,40,41)/t16-,25-,26?,27?. The molecule has 3 aliphatic rings. The van der Waals surface area contributed by atoms with E-state index in [4.69, 9.17) is 27.9 Å². The summed E-state index contributed by atoms with van der Waals surface area (Å²) in [6, 6.07) is -0.743. The van der Waals surface area contributed by atoms with E-state index >= 15 is 0 Å². The van der Waals surface area contributed by atoms with E-state index in [1.165, 1.54) is 12.4 Å². The van der Waals surface area contributed by atoms with E-state index < -0.39 is 58.7 Å². The first-order valence-electron chi connectivity index (χ1n) is 13.8. The number of aliphatic carboxylic acids is 1. The van der Waals surface area contributed by atoms with Crippen LogP contribution in [0.5, 0.6) is 0 Å². The second-order valence-electron chi connectivity index (χ2n) is 12.2. The van der Waals surface area contributed by atoms with Crippen LogP contribution in [0.1, 0.15) is 97.7 Å². The van der Waals surface area contributed by atoms with Gasteiger partial charge in [0.2, 0.25) is 0 Å². The molecule has 14 heteroatoms. The number of hydrogen-bond acceptors (Lipinski definition) is 6. The second-order valence-corrected chi connectivity index (χ2v) is 13.1. The van der Waals surface area contributed by atoms with Crippen LogP contribution in [-0.2, 0) is 15.7 Å². The van der Waals surface area contributed by atoms with Gasteiger partial charge in [-0.1, -0.05) is 23.2 Å². The number of carbonyl (C=O) groups excluding carboxylic acids is 2. The fraction of sp³-hybridized carbons (Fsp3) is 0.607. The molecule has 228 valence electrons. The van der Waals surface area contributed by atoms with Crippen LogP contribution < -0.4 is 0 Å². The van der Waals surface area contributed by atoms with Gasteiger partial charge in [-0.25, -0.2) is 0 Å². The highest BCUT2D eigenvalue weighted by Gasteiger charge is 2.54. The van der Waals surface area contributed by atoms with Crippen molar-refractivity contribution in [1.29, 1.82) is 0 Å². The van der Waals surface area contributed by atoms with Gasteiger partial charge in [-0.05, 0) is 65.2 Å². The van der Waals surface area contributed by atoms with Crippen molar-refractivity contribution in [1.82, 2.24) is 19.7 Å². The van der Waals surface area contributed by atoms with Gasteiger partial charge in [-0.15, -0.1) is 0 Å². The Morgan fingerprint density at radius 1 is 1.05 bits per heavy atom. The van der Waals surface area contributed by atoms with E-state index in [-0.39, 0.29) is 53.4 Å². The number of halogens is 5. The van der Waals surface area contributed by atoms with Crippen molar-refractivity contribution in [3.8, 4) is 0 Å². The van der Waals surface area contributed by atoms with Gasteiger partial charge in [0.1, 0.15) is 0 Å². The summed E-state index contributed by atoms with van der Waals surface area (Å²) in [6.45, 7) is 2.84. The van der Waals surface area contributed by atoms with Crippen LogP contribution in [-0.4, -0.2) is 66.7 Å². The molecule has 0 atom stereocenters. The first-order chi connectivity index (χ1) is 19.6. The topological polar surface area (TPSA) is 115 Å². The molecule has 0 unspecified atom stereocenters. The summed E-state index contributed by atoms with van der Waals surface area (Å²) in [5, 5.41) is 13.4. The van der Waals surface area contributed by atoms with E-state index in [1.54, 1.807) is 6.92 Å². The van der Waals surface area contributed by atoms with Crippen LogP contribution in [0, 0.1) is 5.41 Å². The van der Waals surface area contributed by atoms with Crippen molar-refractivity contribution >= 4 is 40.9 Å². The zero-order valence-corrected chi connectivity index (χ0v) is 24.7. The van der Waals surface area contributed by atoms with Gasteiger partial charge in [-0.2, -0.15) is 18.3 Å². The number of carbonyl (C=O) groups is 3. The smallest absolute Gasteiger partial charge is 0.433 e. The molecule has 42 heavy (non-hydrogen) atoms. The number of ketones is 1. The molecule has 3 fully saturated rings. The van der Waals surface area contributed by atoms with Crippen LogP contribution in [0.2, 0.25) is 10.0 Å². The van der Waals surface area contributed by atoms with Gasteiger partial charge in [0, 0.05) is 12.4 Å². The molecular formula is C28H31Cl2F3N4O5. The molecule has 1 N–H and O–H groups in total. The van der Waals surface area contributed by atoms with Gasteiger partial charge in [-0.3, -0.25) is 24.0 Å². The summed E-state index contributed by atoms with van der Waals surface area (Å²) < 4.78 is 50.8. The number of aromatic nitrogens is 3. The number of alkyl halides is 3. The van der Waals surface area contributed by atoms with Crippen molar-refractivity contribution in [2.75, 3.05) is 13.1 Å². The van der Waals surface area contributed by atoms with Crippen LogP contribution in [0.4, 0.5) is 13.2 Å². The minimum Gasteiger partial charge on any atom is -0.481 e. The van der Waals surface area contributed by atoms with Crippen molar-refractivity contribution in [3.63, 3.8) is 0 Å².